The van der Waals surface area contributed by atoms with Crippen LogP contribution in [0.25, 0.3) is 10.9 Å². The number of aromatic nitrogens is 1. The molecule has 1 aliphatic rings. The maximum atomic E-state index is 12.2. The van der Waals surface area contributed by atoms with Crippen molar-refractivity contribution < 1.29 is 4.79 Å². The molecule has 110 valence electrons. The molecule has 1 aromatic carbocycles. The molecule has 0 radical (unpaired) electrons. The van der Waals surface area contributed by atoms with Crippen LogP contribution < -0.4 is 5.32 Å². The second kappa shape index (κ2) is 6.78. The Morgan fingerprint density at radius 1 is 1.14 bits per heavy atom. The molecule has 1 N–H and O–H groups in total. The number of pyridine rings is 1. The Balaban J connectivity index is 1.62. The molecule has 1 fully saturated rings. The van der Waals surface area contributed by atoms with Crippen molar-refractivity contribution >= 4 is 16.7 Å². The summed E-state index contributed by atoms with van der Waals surface area (Å²) < 4.78 is 0. The topological polar surface area (TPSA) is 45.2 Å². The number of benzene rings is 1. The zero-order chi connectivity index (χ0) is 14.5. The van der Waals surface area contributed by atoms with Crippen molar-refractivity contribution in [1.82, 2.24) is 15.2 Å². The summed E-state index contributed by atoms with van der Waals surface area (Å²) in [5, 5.41) is 4.47. The Morgan fingerprint density at radius 2 is 2.05 bits per heavy atom. The summed E-state index contributed by atoms with van der Waals surface area (Å²) >= 11 is 0. The lowest BCUT2D eigenvalue weighted by atomic mass is 10.1. The molecule has 1 saturated heterocycles. The SMILES string of the molecule is O=C(Cc1ccc2ccccc2n1)CN1CCCNCC1. The van der Waals surface area contributed by atoms with Crippen LogP contribution in [-0.2, 0) is 11.2 Å². The molecule has 0 spiro atoms. The third-order valence-corrected chi connectivity index (χ3v) is 3.87. The Kier molecular flexibility index (Phi) is 4.58. The Bertz CT molecular complexity index is 618. The van der Waals surface area contributed by atoms with Crippen LogP contribution in [0.3, 0.4) is 0 Å². The fourth-order valence-corrected chi connectivity index (χ4v) is 2.77. The molecule has 4 heteroatoms. The molecule has 21 heavy (non-hydrogen) atoms. The van der Waals surface area contributed by atoms with E-state index >= 15 is 0 Å². The summed E-state index contributed by atoms with van der Waals surface area (Å²) in [7, 11) is 0. The fraction of sp³-hybridized carbons (Fsp3) is 0.412. The van der Waals surface area contributed by atoms with Crippen molar-refractivity contribution in [2.24, 2.45) is 0 Å². The first kappa shape index (κ1) is 14.2. The van der Waals surface area contributed by atoms with Gasteiger partial charge in [0.2, 0.25) is 0 Å². The van der Waals surface area contributed by atoms with E-state index in [1.54, 1.807) is 0 Å². The summed E-state index contributed by atoms with van der Waals surface area (Å²) in [6, 6.07) is 12.0. The predicted octanol–water partition coefficient (Wildman–Crippen LogP) is 1.64. The molecule has 0 unspecified atom stereocenters. The molecule has 2 aromatic rings. The van der Waals surface area contributed by atoms with Gasteiger partial charge in [-0.15, -0.1) is 0 Å². The number of ketones is 1. The zero-order valence-electron chi connectivity index (χ0n) is 12.2. The number of nitrogens with one attached hydrogen (secondary N) is 1. The van der Waals surface area contributed by atoms with E-state index in [0.717, 1.165) is 49.2 Å². The minimum atomic E-state index is 0.250. The number of Topliss-reactive ketones (excluding diaryl/α,β-unsaturated/α-hetero) is 1. The summed E-state index contributed by atoms with van der Waals surface area (Å²) in [6.07, 6.45) is 1.54. The van der Waals surface area contributed by atoms with E-state index in [4.69, 9.17) is 0 Å². The van der Waals surface area contributed by atoms with Crippen LogP contribution in [0, 0.1) is 0 Å². The molecule has 0 amide bonds. The van der Waals surface area contributed by atoms with Crippen LogP contribution in [0.15, 0.2) is 36.4 Å². The third kappa shape index (κ3) is 3.86. The van der Waals surface area contributed by atoms with Crippen LogP contribution >= 0.6 is 0 Å². The summed E-state index contributed by atoms with van der Waals surface area (Å²) in [5.41, 5.74) is 1.83. The molecule has 1 aliphatic heterocycles. The van der Waals surface area contributed by atoms with E-state index in [1.165, 1.54) is 0 Å². The number of carbonyl (C=O) groups is 1. The first-order valence-corrected chi connectivity index (χ1v) is 7.61. The van der Waals surface area contributed by atoms with E-state index in [2.05, 4.69) is 15.2 Å². The van der Waals surface area contributed by atoms with Gasteiger partial charge in [-0.05, 0) is 31.6 Å². The lowest BCUT2D eigenvalue weighted by molar-refractivity contribution is -0.119. The van der Waals surface area contributed by atoms with Crippen molar-refractivity contribution in [3.05, 3.63) is 42.1 Å². The monoisotopic (exact) mass is 283 g/mol. The van der Waals surface area contributed by atoms with Crippen molar-refractivity contribution in [1.29, 1.82) is 0 Å². The smallest absolute Gasteiger partial charge is 0.152 e. The highest BCUT2D eigenvalue weighted by atomic mass is 16.1. The molecule has 0 atom stereocenters. The largest absolute Gasteiger partial charge is 0.315 e. The maximum absolute atomic E-state index is 12.2. The van der Waals surface area contributed by atoms with Gasteiger partial charge in [0.25, 0.3) is 0 Å². The van der Waals surface area contributed by atoms with Gasteiger partial charge in [0.15, 0.2) is 5.78 Å². The molecule has 0 aliphatic carbocycles. The third-order valence-electron chi connectivity index (χ3n) is 3.87. The number of carbonyl (C=O) groups excluding carboxylic acids is 1. The van der Waals surface area contributed by atoms with Crippen LogP contribution in [0.4, 0.5) is 0 Å². The maximum Gasteiger partial charge on any atom is 0.152 e. The molecular formula is C17H21N3O. The van der Waals surface area contributed by atoms with Gasteiger partial charge in [-0.2, -0.15) is 0 Å². The van der Waals surface area contributed by atoms with Gasteiger partial charge in [-0.25, -0.2) is 0 Å². The molecular weight excluding hydrogens is 262 g/mol. The number of hydrogen-bond acceptors (Lipinski definition) is 4. The Morgan fingerprint density at radius 3 is 3.00 bits per heavy atom. The lowest BCUT2D eigenvalue weighted by Gasteiger charge is -2.18. The number of nitrogens with zero attached hydrogens (tertiary/aromatic N) is 2. The van der Waals surface area contributed by atoms with Gasteiger partial charge in [0.05, 0.1) is 18.5 Å². The number of fused-ring (bicyclic) bond motifs is 1. The normalized spacial score (nSPS) is 16.8. The Labute approximate surface area is 125 Å². The zero-order valence-corrected chi connectivity index (χ0v) is 12.2. The minimum absolute atomic E-state index is 0.250. The highest BCUT2D eigenvalue weighted by Gasteiger charge is 2.13. The number of para-hydroxylation sites is 1. The van der Waals surface area contributed by atoms with E-state index in [-0.39, 0.29) is 5.78 Å². The molecule has 1 aromatic heterocycles. The van der Waals surface area contributed by atoms with Gasteiger partial charge >= 0.3 is 0 Å². The second-order valence-corrected chi connectivity index (χ2v) is 5.59. The van der Waals surface area contributed by atoms with E-state index in [1.807, 2.05) is 36.4 Å². The van der Waals surface area contributed by atoms with Crippen LogP contribution in [-0.4, -0.2) is 48.4 Å². The molecule has 3 rings (SSSR count). The summed E-state index contributed by atoms with van der Waals surface area (Å²) in [5.74, 6) is 0.250. The van der Waals surface area contributed by atoms with Gasteiger partial charge in [-0.3, -0.25) is 14.7 Å². The number of rotatable bonds is 4. The average Bonchev–Trinajstić information content (AvgIpc) is 2.75. The fourth-order valence-electron chi connectivity index (χ4n) is 2.77. The summed E-state index contributed by atoms with van der Waals surface area (Å²) in [6.45, 7) is 4.52. The predicted molar refractivity (Wildman–Crippen MR) is 84.4 cm³/mol. The first-order valence-electron chi connectivity index (χ1n) is 7.61. The first-order chi connectivity index (χ1) is 10.3. The summed E-state index contributed by atoms with van der Waals surface area (Å²) in [4.78, 5) is 19.0. The standard InChI is InChI=1S/C17H21N3O/c21-16(13-20-10-3-8-18-9-11-20)12-15-7-6-14-4-1-2-5-17(14)19-15/h1-2,4-7,18H,3,8-13H2. The average molecular weight is 283 g/mol. The van der Waals surface area contributed by atoms with Crippen LogP contribution in [0.5, 0.6) is 0 Å². The van der Waals surface area contributed by atoms with Crippen LogP contribution in [0.2, 0.25) is 0 Å². The van der Waals surface area contributed by atoms with E-state index in [9.17, 15) is 4.79 Å². The number of hydrogen-bond donors (Lipinski definition) is 1. The van der Waals surface area contributed by atoms with Gasteiger partial charge in [0.1, 0.15) is 0 Å². The lowest BCUT2D eigenvalue weighted by Crippen LogP contribution is -2.33. The van der Waals surface area contributed by atoms with Crippen molar-refractivity contribution in [3.63, 3.8) is 0 Å². The highest BCUT2D eigenvalue weighted by molar-refractivity contribution is 5.84. The Hall–Kier alpha value is -1.78. The van der Waals surface area contributed by atoms with Gasteiger partial charge < -0.3 is 5.32 Å². The van der Waals surface area contributed by atoms with Crippen molar-refractivity contribution in [2.75, 3.05) is 32.7 Å². The van der Waals surface area contributed by atoms with E-state index in [0.29, 0.717) is 13.0 Å². The highest BCUT2D eigenvalue weighted by Crippen LogP contribution is 2.12. The van der Waals surface area contributed by atoms with Crippen molar-refractivity contribution in [2.45, 2.75) is 12.8 Å². The second-order valence-electron chi connectivity index (χ2n) is 5.59. The van der Waals surface area contributed by atoms with Gasteiger partial charge in [0, 0.05) is 24.2 Å². The quantitative estimate of drug-likeness (QED) is 0.926. The molecule has 2 heterocycles. The molecule has 0 bridgehead atoms. The van der Waals surface area contributed by atoms with Crippen molar-refractivity contribution in [3.8, 4) is 0 Å². The van der Waals surface area contributed by atoms with Gasteiger partial charge in [-0.1, -0.05) is 24.3 Å². The van der Waals surface area contributed by atoms with E-state index < -0.39 is 0 Å². The molecule has 0 saturated carbocycles. The minimum Gasteiger partial charge on any atom is -0.315 e. The molecule has 4 nitrogen and oxygen atoms in total. The van der Waals surface area contributed by atoms with Crippen LogP contribution in [0.1, 0.15) is 12.1 Å².